The molecule has 0 saturated heterocycles. The first-order chi connectivity index (χ1) is 3.91. The highest BCUT2D eigenvalue weighted by Crippen LogP contribution is 2.42. The molecule has 0 radical (unpaired) electrons. The van der Waals surface area contributed by atoms with Crippen LogP contribution in [0.25, 0.3) is 0 Å². The second kappa shape index (κ2) is 7.79. The first-order valence-corrected chi connectivity index (χ1v) is 6.16. The van der Waals surface area contributed by atoms with Gasteiger partial charge in [-0.1, -0.05) is 41.9 Å². The van der Waals surface area contributed by atoms with Crippen molar-refractivity contribution in [3.05, 3.63) is 10.8 Å². The van der Waals surface area contributed by atoms with E-state index >= 15 is 0 Å². The number of rotatable bonds is 0. The molecule has 0 spiro atoms. The molecule has 1 aliphatic rings. The number of hydrogen-bond acceptors (Lipinski definition) is 3. The molecule has 0 fully saturated rings. The van der Waals surface area contributed by atoms with E-state index in [0.717, 1.165) is 0 Å². The summed E-state index contributed by atoms with van der Waals surface area (Å²) in [7, 11) is 5.34. The third kappa shape index (κ3) is 6.79. The van der Waals surface area contributed by atoms with Gasteiger partial charge in [0.2, 0.25) is 0 Å². The fourth-order valence-corrected chi connectivity index (χ4v) is 3.06. The standard InChI is InChI=1S/C3H8.C2H2S3/c1-3-2;1-2-4-5-3-1/h3H2,1-2H3;1-2H. The van der Waals surface area contributed by atoms with E-state index in [1.54, 1.807) is 31.4 Å². The molecule has 48 valence electrons. The minimum atomic E-state index is 1.25. The van der Waals surface area contributed by atoms with Crippen LogP contribution in [0.5, 0.6) is 0 Å². The van der Waals surface area contributed by atoms with Gasteiger partial charge in [-0.3, -0.25) is 0 Å². The summed E-state index contributed by atoms with van der Waals surface area (Å²) >= 11 is 0. The minimum absolute atomic E-state index is 1.25. The van der Waals surface area contributed by atoms with Crippen molar-refractivity contribution < 1.29 is 0 Å². The Morgan fingerprint density at radius 2 is 1.50 bits per heavy atom. The molecular weight excluding hydrogens is 156 g/mol. The Bertz CT molecular complexity index is 54.7. The molecule has 0 aromatic heterocycles. The first-order valence-electron chi connectivity index (χ1n) is 2.55. The maximum absolute atomic E-state index is 2.12. The molecule has 1 aliphatic heterocycles. The lowest BCUT2D eigenvalue weighted by Gasteiger charge is -1.68. The van der Waals surface area contributed by atoms with Crippen LogP contribution in [0.1, 0.15) is 20.3 Å². The summed E-state index contributed by atoms with van der Waals surface area (Å²) < 4.78 is 0. The Morgan fingerprint density at radius 3 is 1.62 bits per heavy atom. The highest BCUT2D eigenvalue weighted by Gasteiger charge is 1.87. The van der Waals surface area contributed by atoms with Crippen molar-refractivity contribution in [2.45, 2.75) is 20.3 Å². The van der Waals surface area contributed by atoms with Gasteiger partial charge in [-0.15, -0.1) is 0 Å². The summed E-state index contributed by atoms with van der Waals surface area (Å²) in [5.41, 5.74) is 0. The lowest BCUT2D eigenvalue weighted by Crippen LogP contribution is -1.27. The lowest BCUT2D eigenvalue weighted by atomic mass is 10.6. The fourth-order valence-electron chi connectivity index (χ4n) is 0.113. The van der Waals surface area contributed by atoms with Gasteiger partial charge in [-0.2, -0.15) is 0 Å². The zero-order chi connectivity index (χ0) is 6.24. The van der Waals surface area contributed by atoms with Gasteiger partial charge in [0.25, 0.3) is 0 Å². The first kappa shape index (κ1) is 8.79. The average molecular weight is 166 g/mol. The summed E-state index contributed by atoms with van der Waals surface area (Å²) in [5, 5.41) is 4.16. The predicted molar refractivity (Wildman–Crippen MR) is 47.9 cm³/mol. The molecule has 0 N–H and O–H groups in total. The molecule has 0 bridgehead atoms. The second-order valence-electron chi connectivity index (χ2n) is 1.24. The molecule has 0 aromatic rings. The SMILES string of the molecule is C1=CSSS1.CCC. The summed E-state index contributed by atoms with van der Waals surface area (Å²) in [6.45, 7) is 4.25. The van der Waals surface area contributed by atoms with Gasteiger partial charge in [0.15, 0.2) is 0 Å². The third-order valence-electron chi connectivity index (χ3n) is 0.245. The van der Waals surface area contributed by atoms with E-state index in [2.05, 4.69) is 24.7 Å². The van der Waals surface area contributed by atoms with Gasteiger partial charge in [-0.25, -0.2) is 0 Å². The van der Waals surface area contributed by atoms with Gasteiger partial charge in [0.05, 0.1) is 0 Å². The quantitative estimate of drug-likeness (QED) is 0.501. The van der Waals surface area contributed by atoms with Crippen LogP contribution in [0.2, 0.25) is 0 Å². The van der Waals surface area contributed by atoms with Crippen LogP contribution in [0.4, 0.5) is 0 Å². The van der Waals surface area contributed by atoms with Crippen molar-refractivity contribution in [3.63, 3.8) is 0 Å². The lowest BCUT2D eigenvalue weighted by molar-refractivity contribution is 1.09. The topological polar surface area (TPSA) is 0 Å². The summed E-state index contributed by atoms with van der Waals surface area (Å²) in [4.78, 5) is 0. The highest BCUT2D eigenvalue weighted by molar-refractivity contribution is 9.11. The van der Waals surface area contributed by atoms with Crippen molar-refractivity contribution in [1.29, 1.82) is 0 Å². The maximum atomic E-state index is 2.12. The van der Waals surface area contributed by atoms with Gasteiger partial charge in [0.1, 0.15) is 0 Å². The minimum Gasteiger partial charge on any atom is -0.0656 e. The van der Waals surface area contributed by atoms with E-state index in [-0.39, 0.29) is 0 Å². The van der Waals surface area contributed by atoms with Crippen LogP contribution in [0.3, 0.4) is 0 Å². The van der Waals surface area contributed by atoms with Crippen molar-refractivity contribution >= 4 is 31.4 Å². The molecule has 0 amide bonds. The van der Waals surface area contributed by atoms with E-state index in [1.807, 2.05) is 0 Å². The van der Waals surface area contributed by atoms with Crippen LogP contribution in [0.15, 0.2) is 10.8 Å². The molecule has 1 heterocycles. The van der Waals surface area contributed by atoms with Gasteiger partial charge in [0, 0.05) is 0 Å². The van der Waals surface area contributed by atoms with E-state index in [4.69, 9.17) is 0 Å². The molecule has 0 aromatic carbocycles. The van der Waals surface area contributed by atoms with E-state index in [9.17, 15) is 0 Å². The molecule has 0 aliphatic carbocycles. The summed E-state index contributed by atoms with van der Waals surface area (Å²) in [6, 6.07) is 0. The van der Waals surface area contributed by atoms with E-state index < -0.39 is 0 Å². The van der Waals surface area contributed by atoms with Gasteiger partial charge < -0.3 is 0 Å². The van der Waals surface area contributed by atoms with Gasteiger partial charge in [-0.05, 0) is 20.6 Å². The highest BCUT2D eigenvalue weighted by atomic mass is 33.5. The molecule has 8 heavy (non-hydrogen) atoms. The zero-order valence-electron chi connectivity index (χ0n) is 5.09. The second-order valence-corrected chi connectivity index (χ2v) is 5.09. The Labute approximate surface area is 62.7 Å². The van der Waals surface area contributed by atoms with Crippen LogP contribution in [-0.4, -0.2) is 0 Å². The average Bonchev–Trinajstić information content (AvgIpc) is 2.17. The summed E-state index contributed by atoms with van der Waals surface area (Å²) in [6.07, 6.45) is 1.25. The molecule has 1 rings (SSSR count). The Hall–Kier alpha value is 0.790. The zero-order valence-corrected chi connectivity index (χ0v) is 7.54. The van der Waals surface area contributed by atoms with Gasteiger partial charge >= 0.3 is 0 Å². The molecule has 0 saturated carbocycles. The maximum Gasteiger partial charge on any atom is -0.0101 e. The number of hydrogen-bond donors (Lipinski definition) is 0. The normalized spacial score (nSPS) is 15.2. The van der Waals surface area contributed by atoms with Crippen molar-refractivity contribution in [2.24, 2.45) is 0 Å². The van der Waals surface area contributed by atoms with Crippen LogP contribution >= 0.6 is 31.4 Å². The molecular formula is C5H10S3. The summed E-state index contributed by atoms with van der Waals surface area (Å²) in [5.74, 6) is 0. The largest absolute Gasteiger partial charge is 0.0656 e. The van der Waals surface area contributed by atoms with Crippen LogP contribution in [0, 0.1) is 0 Å². The molecule has 0 atom stereocenters. The van der Waals surface area contributed by atoms with Crippen LogP contribution < -0.4 is 0 Å². The fraction of sp³-hybridized carbons (Fsp3) is 0.600. The Morgan fingerprint density at radius 1 is 1.12 bits per heavy atom. The Balaban J connectivity index is 0.000000145. The third-order valence-corrected chi connectivity index (χ3v) is 3.62. The molecule has 0 unspecified atom stereocenters. The predicted octanol–water partition coefficient (Wildman–Crippen LogP) is 3.92. The molecule has 0 nitrogen and oxygen atoms in total. The molecule has 3 heteroatoms. The van der Waals surface area contributed by atoms with Crippen LogP contribution in [-0.2, 0) is 0 Å². The van der Waals surface area contributed by atoms with Crippen molar-refractivity contribution in [3.8, 4) is 0 Å². The van der Waals surface area contributed by atoms with E-state index in [0.29, 0.717) is 0 Å². The van der Waals surface area contributed by atoms with E-state index in [1.165, 1.54) is 6.42 Å². The smallest absolute Gasteiger partial charge is 0.0101 e. The Kier molecular flexibility index (Phi) is 8.56. The van der Waals surface area contributed by atoms with Crippen molar-refractivity contribution in [2.75, 3.05) is 0 Å². The monoisotopic (exact) mass is 166 g/mol. The van der Waals surface area contributed by atoms with Crippen molar-refractivity contribution in [1.82, 2.24) is 0 Å².